The van der Waals surface area contributed by atoms with Gasteiger partial charge in [-0.25, -0.2) is 8.78 Å². The van der Waals surface area contributed by atoms with E-state index in [9.17, 15) is 18.9 Å². The minimum atomic E-state index is -2.81. The monoisotopic (exact) mass is 269 g/mol. The summed E-state index contributed by atoms with van der Waals surface area (Å²) in [5.41, 5.74) is -0.578. The fourth-order valence-corrected chi connectivity index (χ4v) is 1.73. The van der Waals surface area contributed by atoms with E-state index in [1.54, 1.807) is 14.0 Å². The van der Waals surface area contributed by atoms with Gasteiger partial charge in [0.15, 0.2) is 0 Å². The van der Waals surface area contributed by atoms with Gasteiger partial charge in [0.25, 0.3) is 12.1 Å². The van der Waals surface area contributed by atoms with E-state index in [2.05, 4.69) is 0 Å². The molecule has 0 aliphatic carbocycles. The number of anilines is 1. The second kappa shape index (κ2) is 6.09. The van der Waals surface area contributed by atoms with Crippen LogP contribution in [0, 0.1) is 27.4 Å². The number of hydrogen-bond acceptors (Lipinski definition) is 4. The normalized spacial score (nSPS) is 12.0. The summed E-state index contributed by atoms with van der Waals surface area (Å²) in [5, 5.41) is 19.3. The van der Waals surface area contributed by atoms with Crippen LogP contribution in [0.15, 0.2) is 18.2 Å². The Morgan fingerprint density at radius 3 is 2.63 bits per heavy atom. The molecule has 5 nitrogen and oxygen atoms in total. The minimum absolute atomic E-state index is 0.197. The third-order valence-corrected chi connectivity index (χ3v) is 2.64. The lowest BCUT2D eigenvalue weighted by atomic mass is 10.1. The van der Waals surface area contributed by atoms with Crippen molar-refractivity contribution in [2.75, 3.05) is 18.5 Å². The van der Waals surface area contributed by atoms with Crippen molar-refractivity contribution in [1.29, 1.82) is 5.26 Å². The number of benzene rings is 1. The van der Waals surface area contributed by atoms with Crippen molar-refractivity contribution in [2.45, 2.75) is 13.3 Å². The molecule has 0 saturated heterocycles. The van der Waals surface area contributed by atoms with E-state index < -0.39 is 16.9 Å². The third-order valence-electron chi connectivity index (χ3n) is 2.64. The van der Waals surface area contributed by atoms with Crippen molar-refractivity contribution in [3.05, 3.63) is 33.9 Å². The quantitative estimate of drug-likeness (QED) is 0.608. The Balaban J connectivity index is 3.13. The van der Waals surface area contributed by atoms with Crippen LogP contribution in [-0.4, -0.2) is 18.5 Å². The van der Waals surface area contributed by atoms with Gasteiger partial charge in [0.05, 0.1) is 16.9 Å². The molecule has 0 heterocycles. The SMILES string of the molecule is CC(C#N)CN(C)c1ccc([N+](=O)[O-])cc1C(F)F. The molecule has 7 heteroatoms. The molecule has 102 valence electrons. The van der Waals surface area contributed by atoms with Crippen LogP contribution in [0.5, 0.6) is 0 Å². The molecule has 0 fully saturated rings. The van der Waals surface area contributed by atoms with Crippen molar-refractivity contribution in [3.8, 4) is 6.07 Å². The van der Waals surface area contributed by atoms with Gasteiger partial charge in [0.2, 0.25) is 0 Å². The Bertz CT molecular complexity index is 514. The van der Waals surface area contributed by atoms with Gasteiger partial charge in [-0.2, -0.15) is 5.26 Å². The molecular weight excluding hydrogens is 256 g/mol. The summed E-state index contributed by atoms with van der Waals surface area (Å²) in [6, 6.07) is 5.33. The molecule has 0 bridgehead atoms. The van der Waals surface area contributed by atoms with Gasteiger partial charge in [-0.3, -0.25) is 10.1 Å². The molecule has 0 saturated carbocycles. The second-order valence-corrected chi connectivity index (χ2v) is 4.21. The van der Waals surface area contributed by atoms with Crippen molar-refractivity contribution in [1.82, 2.24) is 0 Å². The molecule has 0 radical (unpaired) electrons. The van der Waals surface area contributed by atoms with E-state index >= 15 is 0 Å². The van der Waals surface area contributed by atoms with Crippen LogP contribution >= 0.6 is 0 Å². The first kappa shape index (κ1) is 14.8. The zero-order valence-electron chi connectivity index (χ0n) is 10.5. The number of nitro groups is 1. The zero-order valence-corrected chi connectivity index (χ0v) is 10.5. The van der Waals surface area contributed by atoms with Crippen LogP contribution in [0.4, 0.5) is 20.2 Å². The first-order chi connectivity index (χ1) is 8.86. The molecule has 0 spiro atoms. The Morgan fingerprint density at radius 2 is 2.16 bits per heavy atom. The highest BCUT2D eigenvalue weighted by Crippen LogP contribution is 2.32. The number of halogens is 2. The van der Waals surface area contributed by atoms with Gasteiger partial charge in [0.1, 0.15) is 0 Å². The van der Waals surface area contributed by atoms with Crippen LogP contribution < -0.4 is 4.90 Å². The molecule has 0 N–H and O–H groups in total. The molecule has 0 aliphatic heterocycles. The van der Waals surface area contributed by atoms with E-state index in [4.69, 9.17) is 5.26 Å². The highest BCUT2D eigenvalue weighted by atomic mass is 19.3. The lowest BCUT2D eigenvalue weighted by Gasteiger charge is -2.23. The van der Waals surface area contributed by atoms with Gasteiger partial charge >= 0.3 is 0 Å². The highest BCUT2D eigenvalue weighted by Gasteiger charge is 2.20. The van der Waals surface area contributed by atoms with E-state index in [0.717, 1.165) is 6.07 Å². The largest absolute Gasteiger partial charge is 0.373 e. The molecular formula is C12H13F2N3O2. The fraction of sp³-hybridized carbons (Fsp3) is 0.417. The lowest BCUT2D eigenvalue weighted by molar-refractivity contribution is -0.385. The van der Waals surface area contributed by atoms with Gasteiger partial charge in [-0.05, 0) is 13.0 Å². The van der Waals surface area contributed by atoms with Crippen LogP contribution in [0.3, 0.4) is 0 Å². The standard InChI is InChI=1S/C12H13F2N3O2/c1-8(6-15)7-16(2)11-4-3-9(17(18)19)5-10(11)12(13)14/h3-5,8,12H,7H2,1-2H3. The smallest absolute Gasteiger partial charge is 0.270 e. The van der Waals surface area contributed by atoms with Gasteiger partial charge in [0, 0.05) is 37.0 Å². The van der Waals surface area contributed by atoms with Crippen LogP contribution in [0.25, 0.3) is 0 Å². The molecule has 1 aromatic carbocycles. The summed E-state index contributed by atoms with van der Waals surface area (Å²) < 4.78 is 25.9. The molecule has 0 aromatic heterocycles. The number of nitro benzene ring substituents is 1. The van der Waals surface area contributed by atoms with E-state index in [1.807, 2.05) is 6.07 Å². The summed E-state index contributed by atoms with van der Waals surface area (Å²) in [6.45, 7) is 1.94. The van der Waals surface area contributed by atoms with Crippen molar-refractivity contribution < 1.29 is 13.7 Å². The number of hydrogen-bond donors (Lipinski definition) is 0. The molecule has 0 aliphatic rings. The van der Waals surface area contributed by atoms with Crippen molar-refractivity contribution in [3.63, 3.8) is 0 Å². The maximum atomic E-state index is 12.9. The molecule has 1 unspecified atom stereocenters. The van der Waals surface area contributed by atoms with Gasteiger partial charge in [-0.1, -0.05) is 0 Å². The number of rotatable bonds is 5. The minimum Gasteiger partial charge on any atom is -0.373 e. The molecule has 0 amide bonds. The molecule has 1 rings (SSSR count). The maximum Gasteiger partial charge on any atom is 0.270 e. The predicted molar refractivity (Wildman–Crippen MR) is 66.1 cm³/mol. The Morgan fingerprint density at radius 1 is 1.53 bits per heavy atom. The van der Waals surface area contributed by atoms with Crippen molar-refractivity contribution in [2.24, 2.45) is 5.92 Å². The summed E-state index contributed by atoms with van der Waals surface area (Å²) in [6.07, 6.45) is -2.81. The number of nitrogens with zero attached hydrogens (tertiary/aromatic N) is 3. The van der Waals surface area contributed by atoms with Crippen molar-refractivity contribution >= 4 is 11.4 Å². The number of non-ortho nitro benzene ring substituents is 1. The fourth-order valence-electron chi connectivity index (χ4n) is 1.73. The summed E-state index contributed by atoms with van der Waals surface area (Å²) in [5.74, 6) is -0.328. The number of nitriles is 1. The zero-order chi connectivity index (χ0) is 14.6. The summed E-state index contributed by atoms with van der Waals surface area (Å²) >= 11 is 0. The predicted octanol–water partition coefficient (Wildman–Crippen LogP) is 3.13. The molecule has 1 atom stereocenters. The van der Waals surface area contributed by atoms with E-state index in [-0.39, 0.29) is 23.8 Å². The topological polar surface area (TPSA) is 70.2 Å². The maximum absolute atomic E-state index is 12.9. The second-order valence-electron chi connectivity index (χ2n) is 4.21. The van der Waals surface area contributed by atoms with E-state index in [0.29, 0.717) is 0 Å². The van der Waals surface area contributed by atoms with Gasteiger partial charge in [-0.15, -0.1) is 0 Å². The first-order valence-corrected chi connectivity index (χ1v) is 5.54. The average Bonchev–Trinajstić information content (AvgIpc) is 2.37. The average molecular weight is 269 g/mol. The first-order valence-electron chi connectivity index (χ1n) is 5.54. The van der Waals surface area contributed by atoms with Gasteiger partial charge < -0.3 is 4.90 Å². The van der Waals surface area contributed by atoms with Crippen LogP contribution in [0.2, 0.25) is 0 Å². The summed E-state index contributed by atoms with van der Waals surface area (Å²) in [4.78, 5) is 11.4. The number of alkyl halides is 2. The highest BCUT2D eigenvalue weighted by molar-refractivity contribution is 5.58. The Hall–Kier alpha value is -2.23. The summed E-state index contributed by atoms with van der Waals surface area (Å²) in [7, 11) is 1.57. The van der Waals surface area contributed by atoms with Crippen LogP contribution in [0.1, 0.15) is 18.9 Å². The molecule has 1 aromatic rings. The third kappa shape index (κ3) is 3.61. The lowest BCUT2D eigenvalue weighted by Crippen LogP contribution is -2.24. The Kier molecular flexibility index (Phi) is 4.75. The van der Waals surface area contributed by atoms with E-state index in [1.165, 1.54) is 17.0 Å². The van der Waals surface area contributed by atoms with Crippen LogP contribution in [-0.2, 0) is 0 Å². The Labute approximate surface area is 109 Å². The molecule has 19 heavy (non-hydrogen) atoms.